The molecule has 11 heteroatoms. The number of benzene rings is 1. The molecular weight excluding hydrogens is 410 g/mol. The van der Waals surface area contributed by atoms with Crippen LogP contribution in [0.25, 0.3) is 0 Å². The van der Waals surface area contributed by atoms with Crippen LogP contribution in [0, 0.1) is 5.92 Å². The van der Waals surface area contributed by atoms with Gasteiger partial charge in [0.2, 0.25) is 11.8 Å². The van der Waals surface area contributed by atoms with E-state index in [1.54, 1.807) is 24.3 Å². The van der Waals surface area contributed by atoms with E-state index in [2.05, 4.69) is 15.6 Å². The number of nitrogens with zero attached hydrogens (tertiary/aromatic N) is 1. The molecule has 1 rings (SSSR count). The first kappa shape index (κ1) is 25.4. The standard InChI is InChI=1S/C19H31N5O5S/c1-3-4-9-30(28,29)12-15(11-25)18(27)23-13(2)17(26)22-10-14-5-7-16(8-6-14)24-19(20)21/h5-8,13,15,25H,3-4,9-12H2,1-2H3,(H,22,26)(H,23,27)(H4,20,21,24). The normalized spacial score (nSPS) is 13.2. The summed E-state index contributed by atoms with van der Waals surface area (Å²) in [4.78, 5) is 28.4. The molecular formula is C19H31N5O5S. The highest BCUT2D eigenvalue weighted by molar-refractivity contribution is 7.91. The van der Waals surface area contributed by atoms with Crippen LogP contribution in [0.5, 0.6) is 0 Å². The molecule has 0 bridgehead atoms. The van der Waals surface area contributed by atoms with Crippen LogP contribution in [0.1, 0.15) is 32.3 Å². The van der Waals surface area contributed by atoms with Gasteiger partial charge in [-0.15, -0.1) is 0 Å². The van der Waals surface area contributed by atoms with Gasteiger partial charge in [-0.1, -0.05) is 25.5 Å². The van der Waals surface area contributed by atoms with Crippen LogP contribution in [0.15, 0.2) is 29.3 Å². The van der Waals surface area contributed by atoms with Crippen molar-refractivity contribution in [2.75, 3.05) is 18.1 Å². The van der Waals surface area contributed by atoms with Crippen molar-refractivity contribution >= 4 is 33.3 Å². The molecule has 168 valence electrons. The zero-order valence-electron chi connectivity index (χ0n) is 17.3. The molecule has 0 aliphatic heterocycles. The van der Waals surface area contributed by atoms with Gasteiger partial charge in [0.25, 0.3) is 0 Å². The first-order valence-corrected chi connectivity index (χ1v) is 11.5. The number of aliphatic hydroxyl groups excluding tert-OH is 1. The fourth-order valence-electron chi connectivity index (χ4n) is 2.54. The summed E-state index contributed by atoms with van der Waals surface area (Å²) in [7, 11) is -3.46. The van der Waals surface area contributed by atoms with Gasteiger partial charge in [-0.05, 0) is 31.0 Å². The van der Waals surface area contributed by atoms with Gasteiger partial charge < -0.3 is 27.2 Å². The van der Waals surface area contributed by atoms with Crippen molar-refractivity contribution in [3.63, 3.8) is 0 Å². The third kappa shape index (κ3) is 9.23. The molecule has 2 unspecified atom stereocenters. The summed E-state index contributed by atoms with van der Waals surface area (Å²) < 4.78 is 24.1. The third-order valence-electron chi connectivity index (χ3n) is 4.27. The largest absolute Gasteiger partial charge is 0.396 e. The number of nitrogens with one attached hydrogen (secondary N) is 2. The van der Waals surface area contributed by atoms with Gasteiger partial charge in [-0.2, -0.15) is 0 Å². The summed E-state index contributed by atoms with van der Waals surface area (Å²) in [6.07, 6.45) is 1.21. The molecule has 30 heavy (non-hydrogen) atoms. The zero-order valence-corrected chi connectivity index (χ0v) is 18.1. The maximum atomic E-state index is 12.3. The van der Waals surface area contributed by atoms with Crippen molar-refractivity contribution in [1.29, 1.82) is 0 Å². The van der Waals surface area contributed by atoms with Crippen molar-refractivity contribution in [2.24, 2.45) is 22.4 Å². The molecule has 1 aromatic rings. The molecule has 0 spiro atoms. The summed E-state index contributed by atoms with van der Waals surface area (Å²) in [5.41, 5.74) is 12.0. The van der Waals surface area contributed by atoms with E-state index >= 15 is 0 Å². The van der Waals surface area contributed by atoms with Gasteiger partial charge >= 0.3 is 0 Å². The quantitative estimate of drug-likeness (QED) is 0.215. The van der Waals surface area contributed by atoms with Crippen LogP contribution < -0.4 is 22.1 Å². The summed E-state index contributed by atoms with van der Waals surface area (Å²) >= 11 is 0. The molecule has 0 aromatic heterocycles. The highest BCUT2D eigenvalue weighted by Gasteiger charge is 2.27. The van der Waals surface area contributed by atoms with Crippen molar-refractivity contribution < 1.29 is 23.1 Å². The second kappa shape index (κ2) is 12.1. The first-order valence-electron chi connectivity index (χ1n) is 9.66. The Bertz CT molecular complexity index is 835. The molecule has 2 atom stereocenters. The molecule has 0 saturated heterocycles. The number of hydrogen-bond donors (Lipinski definition) is 5. The smallest absolute Gasteiger partial charge is 0.242 e. The van der Waals surface area contributed by atoms with E-state index in [-0.39, 0.29) is 18.3 Å². The van der Waals surface area contributed by atoms with E-state index in [0.717, 1.165) is 5.56 Å². The van der Waals surface area contributed by atoms with Crippen LogP contribution in [-0.2, 0) is 26.0 Å². The Kier molecular flexibility index (Phi) is 10.3. The Morgan fingerprint density at radius 3 is 2.33 bits per heavy atom. The number of amides is 2. The molecule has 1 aromatic carbocycles. The fraction of sp³-hybridized carbons (Fsp3) is 0.526. The molecule has 2 amide bonds. The highest BCUT2D eigenvalue weighted by Crippen LogP contribution is 2.12. The average molecular weight is 442 g/mol. The van der Waals surface area contributed by atoms with Gasteiger partial charge in [-0.3, -0.25) is 9.59 Å². The predicted molar refractivity (Wildman–Crippen MR) is 116 cm³/mol. The second-order valence-electron chi connectivity index (χ2n) is 7.00. The van der Waals surface area contributed by atoms with Crippen LogP contribution >= 0.6 is 0 Å². The van der Waals surface area contributed by atoms with Gasteiger partial charge in [0.15, 0.2) is 15.8 Å². The number of sulfone groups is 1. The van der Waals surface area contributed by atoms with Crippen LogP contribution in [0.2, 0.25) is 0 Å². The summed E-state index contributed by atoms with van der Waals surface area (Å²) in [5, 5.41) is 14.5. The van der Waals surface area contributed by atoms with E-state index in [0.29, 0.717) is 18.5 Å². The Morgan fingerprint density at radius 1 is 1.17 bits per heavy atom. The predicted octanol–water partition coefficient (Wildman–Crippen LogP) is -0.464. The van der Waals surface area contributed by atoms with E-state index in [4.69, 9.17) is 11.5 Å². The molecule has 0 radical (unpaired) electrons. The van der Waals surface area contributed by atoms with E-state index in [9.17, 15) is 23.1 Å². The Balaban J connectivity index is 2.57. The number of rotatable bonds is 12. The zero-order chi connectivity index (χ0) is 22.7. The third-order valence-corrected chi connectivity index (χ3v) is 6.09. The summed E-state index contributed by atoms with van der Waals surface area (Å²) in [6, 6.07) is 5.97. The van der Waals surface area contributed by atoms with Crippen molar-refractivity contribution in [3.05, 3.63) is 29.8 Å². The first-order chi connectivity index (χ1) is 14.1. The average Bonchev–Trinajstić information content (AvgIpc) is 2.69. The minimum Gasteiger partial charge on any atom is -0.396 e. The topological polar surface area (TPSA) is 177 Å². The lowest BCUT2D eigenvalue weighted by Gasteiger charge is -2.19. The number of carbonyl (C=O) groups excluding carboxylic acids is 2. The van der Waals surface area contributed by atoms with Crippen LogP contribution in [-0.4, -0.2) is 55.5 Å². The van der Waals surface area contributed by atoms with E-state index in [1.165, 1.54) is 6.92 Å². The highest BCUT2D eigenvalue weighted by atomic mass is 32.2. The number of hydrogen-bond acceptors (Lipinski definition) is 6. The van der Waals surface area contributed by atoms with Crippen LogP contribution in [0.4, 0.5) is 5.69 Å². The maximum Gasteiger partial charge on any atom is 0.242 e. The number of guanidine groups is 1. The Morgan fingerprint density at radius 2 is 1.80 bits per heavy atom. The van der Waals surface area contributed by atoms with Gasteiger partial charge in [0.05, 0.1) is 29.7 Å². The molecule has 0 heterocycles. The van der Waals surface area contributed by atoms with Gasteiger partial charge in [0.1, 0.15) is 6.04 Å². The lowest BCUT2D eigenvalue weighted by atomic mass is 10.1. The molecule has 0 fully saturated rings. The molecule has 0 aliphatic carbocycles. The lowest BCUT2D eigenvalue weighted by Crippen LogP contribution is -2.48. The second-order valence-corrected chi connectivity index (χ2v) is 9.23. The van der Waals surface area contributed by atoms with E-state index < -0.39 is 46.0 Å². The monoisotopic (exact) mass is 441 g/mol. The number of nitrogens with two attached hydrogens (primary N) is 2. The Labute approximate surface area is 177 Å². The summed E-state index contributed by atoms with van der Waals surface area (Å²) in [6.45, 7) is 2.95. The fourth-order valence-corrected chi connectivity index (χ4v) is 4.31. The summed E-state index contributed by atoms with van der Waals surface area (Å²) in [5.74, 6) is -2.79. The number of aliphatic imine (C=N–C) groups is 1. The maximum absolute atomic E-state index is 12.3. The van der Waals surface area contributed by atoms with Crippen molar-refractivity contribution in [1.82, 2.24) is 10.6 Å². The number of unbranched alkanes of at least 4 members (excludes halogenated alkanes) is 1. The molecule has 10 nitrogen and oxygen atoms in total. The lowest BCUT2D eigenvalue weighted by molar-refractivity contribution is -0.131. The number of aliphatic hydroxyl groups is 1. The van der Waals surface area contributed by atoms with Crippen molar-refractivity contribution in [2.45, 2.75) is 39.3 Å². The minimum atomic E-state index is -3.46. The van der Waals surface area contributed by atoms with Crippen molar-refractivity contribution in [3.8, 4) is 0 Å². The van der Waals surface area contributed by atoms with E-state index in [1.807, 2.05) is 6.92 Å². The number of carbonyl (C=O) groups is 2. The van der Waals surface area contributed by atoms with Gasteiger partial charge in [0, 0.05) is 6.54 Å². The van der Waals surface area contributed by atoms with Crippen LogP contribution in [0.3, 0.4) is 0 Å². The minimum absolute atomic E-state index is 0.0364. The molecule has 7 N–H and O–H groups in total. The molecule has 0 aliphatic rings. The van der Waals surface area contributed by atoms with Gasteiger partial charge in [-0.25, -0.2) is 13.4 Å². The Hall–Kier alpha value is -2.66. The SMILES string of the molecule is CCCCS(=O)(=O)CC(CO)C(=O)NC(C)C(=O)NCc1ccc(N=C(N)N)cc1. The molecule has 0 saturated carbocycles.